The summed E-state index contributed by atoms with van der Waals surface area (Å²) in [7, 11) is -0.331. The summed E-state index contributed by atoms with van der Waals surface area (Å²) in [5.41, 5.74) is 6.47. The van der Waals surface area contributed by atoms with Crippen LogP contribution in [0.3, 0.4) is 0 Å². The molecule has 1 aliphatic carbocycles. The average Bonchev–Trinajstić information content (AvgIpc) is 2.95. The van der Waals surface area contributed by atoms with Crippen molar-refractivity contribution >= 4 is 26.9 Å². The van der Waals surface area contributed by atoms with Gasteiger partial charge in [-0.05, 0) is 5.92 Å². The molecule has 0 aliphatic heterocycles. The Morgan fingerprint density at radius 2 is 2.24 bits per heavy atom. The van der Waals surface area contributed by atoms with Crippen molar-refractivity contribution in [3.05, 3.63) is 12.5 Å². The first-order valence-corrected chi connectivity index (χ1v) is 7.80. The highest BCUT2D eigenvalue weighted by Gasteiger charge is 2.50. The third-order valence-corrected chi connectivity index (χ3v) is 5.24. The maximum atomic E-state index is 10.5. The van der Waals surface area contributed by atoms with Crippen LogP contribution in [0.4, 0.5) is 5.95 Å². The summed E-state index contributed by atoms with van der Waals surface area (Å²) >= 11 is 0. The molecule has 1 fully saturated rings. The third-order valence-electron chi connectivity index (χ3n) is 4.27. The summed E-state index contributed by atoms with van der Waals surface area (Å²) in [5.74, 6) is -2.19. The summed E-state index contributed by atoms with van der Waals surface area (Å²) in [6.45, 7) is 1.88. The standard InChI is InChI=1S/C12H17N5O3Si/c1-2-6-8(21-20)3-9(12(6,18)19)17-5-15-7-4-14-11(13)16-10(7)17/h4-6,8-9,18-20H,2-3H2,1H3,(H2,13,14,16)/q-1/t6-,8+,9+/m1/s1. The second kappa shape index (κ2) is 5.02. The summed E-state index contributed by atoms with van der Waals surface area (Å²) in [4.78, 5) is 21.7. The predicted molar refractivity (Wildman–Crippen MR) is 76.1 cm³/mol. The van der Waals surface area contributed by atoms with Gasteiger partial charge in [-0.2, -0.15) is 10.5 Å². The van der Waals surface area contributed by atoms with E-state index in [-0.39, 0.29) is 27.2 Å². The lowest BCUT2D eigenvalue weighted by atomic mass is 9.97. The SMILES string of the molecule is CC[C@@H]1[C@@H]([Si-]O)C[C@H](n2cnc3cnc(N)nc32)C1(O)O. The fourth-order valence-electron chi connectivity index (χ4n) is 3.24. The Balaban J connectivity index is 2.08. The zero-order valence-corrected chi connectivity index (χ0v) is 12.5. The van der Waals surface area contributed by atoms with Crippen LogP contribution in [0.5, 0.6) is 0 Å². The molecule has 2 heterocycles. The molecule has 1 aliphatic rings. The van der Waals surface area contributed by atoms with Crippen LogP contribution in [0.25, 0.3) is 11.2 Å². The topological polar surface area (TPSA) is 130 Å². The number of fused-ring (bicyclic) bond motifs is 1. The summed E-state index contributed by atoms with van der Waals surface area (Å²) in [6, 6.07) is -0.619. The first-order valence-electron chi connectivity index (χ1n) is 6.78. The van der Waals surface area contributed by atoms with Crippen LogP contribution in [0.15, 0.2) is 12.5 Å². The van der Waals surface area contributed by atoms with Crippen molar-refractivity contribution in [1.82, 2.24) is 19.5 Å². The van der Waals surface area contributed by atoms with Gasteiger partial charge in [-0.1, -0.05) is 19.8 Å². The number of aromatic nitrogens is 4. The second-order valence-electron chi connectivity index (χ2n) is 5.37. The van der Waals surface area contributed by atoms with E-state index in [9.17, 15) is 15.0 Å². The normalized spacial score (nSPS) is 28.3. The van der Waals surface area contributed by atoms with Crippen LogP contribution in [0.2, 0.25) is 5.54 Å². The van der Waals surface area contributed by atoms with Gasteiger partial charge in [0, 0.05) is 0 Å². The van der Waals surface area contributed by atoms with Gasteiger partial charge >= 0.3 is 0 Å². The van der Waals surface area contributed by atoms with Crippen molar-refractivity contribution in [2.75, 3.05) is 5.73 Å². The van der Waals surface area contributed by atoms with Gasteiger partial charge in [0.2, 0.25) is 5.95 Å². The molecule has 1 radical (unpaired) electrons. The minimum Gasteiger partial charge on any atom is -0.634 e. The molecule has 0 amide bonds. The van der Waals surface area contributed by atoms with Crippen molar-refractivity contribution in [1.29, 1.82) is 0 Å². The van der Waals surface area contributed by atoms with Crippen molar-refractivity contribution in [3.8, 4) is 0 Å². The van der Waals surface area contributed by atoms with Gasteiger partial charge in [0.15, 0.2) is 11.4 Å². The first kappa shape index (κ1) is 14.4. The van der Waals surface area contributed by atoms with E-state index in [0.717, 1.165) is 0 Å². The zero-order chi connectivity index (χ0) is 15.2. The second-order valence-corrected chi connectivity index (χ2v) is 6.37. The van der Waals surface area contributed by atoms with E-state index in [2.05, 4.69) is 15.0 Å². The molecule has 1 saturated carbocycles. The highest BCUT2D eigenvalue weighted by Crippen LogP contribution is 2.50. The van der Waals surface area contributed by atoms with Gasteiger partial charge in [0.05, 0.1) is 18.6 Å². The third kappa shape index (κ3) is 2.13. The molecule has 0 saturated heterocycles. The highest BCUT2D eigenvalue weighted by molar-refractivity contribution is 6.28. The smallest absolute Gasteiger partial charge is 0.222 e. The Morgan fingerprint density at radius 3 is 2.86 bits per heavy atom. The predicted octanol–water partition coefficient (Wildman–Crippen LogP) is -0.540. The molecular formula is C12H17N5O3Si-. The van der Waals surface area contributed by atoms with Gasteiger partial charge in [0.1, 0.15) is 5.52 Å². The Morgan fingerprint density at radius 1 is 1.48 bits per heavy atom. The molecule has 3 atom stereocenters. The molecule has 3 rings (SSSR count). The van der Waals surface area contributed by atoms with Crippen LogP contribution >= 0.6 is 0 Å². The van der Waals surface area contributed by atoms with Crippen molar-refractivity contribution in [2.24, 2.45) is 5.92 Å². The average molecular weight is 307 g/mol. The number of anilines is 1. The van der Waals surface area contributed by atoms with Crippen molar-refractivity contribution in [3.63, 3.8) is 0 Å². The lowest BCUT2D eigenvalue weighted by Crippen LogP contribution is -2.41. The quantitative estimate of drug-likeness (QED) is 0.442. The molecule has 113 valence electrons. The molecule has 0 bridgehead atoms. The number of rotatable bonds is 3. The molecule has 8 nitrogen and oxygen atoms in total. The van der Waals surface area contributed by atoms with Gasteiger partial charge in [-0.25, -0.2) is 9.97 Å². The Kier molecular flexibility index (Phi) is 3.44. The molecule has 2 aromatic rings. The Labute approximate surface area is 123 Å². The van der Waals surface area contributed by atoms with Gasteiger partial charge in [0.25, 0.3) is 0 Å². The summed E-state index contributed by atoms with van der Waals surface area (Å²) in [6.07, 6.45) is 4.05. The molecule has 9 heteroatoms. The Bertz CT molecular complexity index is 661. The molecule has 0 unspecified atom stereocenters. The van der Waals surface area contributed by atoms with Crippen LogP contribution in [-0.2, 0) is 0 Å². The highest BCUT2D eigenvalue weighted by atomic mass is 28.2. The monoisotopic (exact) mass is 307 g/mol. The largest absolute Gasteiger partial charge is 0.634 e. The molecule has 5 N–H and O–H groups in total. The van der Waals surface area contributed by atoms with E-state index >= 15 is 0 Å². The lowest BCUT2D eigenvalue weighted by molar-refractivity contribution is -0.208. The number of nitrogens with zero attached hydrogens (tertiary/aromatic N) is 4. The number of nitrogen functional groups attached to an aromatic ring is 1. The number of hydrogen-bond acceptors (Lipinski definition) is 7. The lowest BCUT2D eigenvalue weighted by Gasteiger charge is -2.33. The van der Waals surface area contributed by atoms with Gasteiger partial charge < -0.3 is 25.3 Å². The minimum absolute atomic E-state index is 0.108. The molecular weight excluding hydrogens is 290 g/mol. The Hall–Kier alpha value is -1.55. The summed E-state index contributed by atoms with van der Waals surface area (Å²) in [5, 5.41) is 21.1. The maximum Gasteiger partial charge on any atom is 0.222 e. The van der Waals surface area contributed by atoms with Crippen LogP contribution < -0.4 is 5.73 Å². The molecule has 0 aromatic carbocycles. The van der Waals surface area contributed by atoms with E-state index in [1.165, 1.54) is 12.5 Å². The number of hydrogen-bond donors (Lipinski definition) is 4. The van der Waals surface area contributed by atoms with Gasteiger partial charge in [-0.15, -0.1) is 0 Å². The maximum absolute atomic E-state index is 10.5. The fourth-order valence-corrected chi connectivity index (χ4v) is 4.22. The molecule has 2 aromatic heterocycles. The van der Waals surface area contributed by atoms with Gasteiger partial charge in [-0.3, -0.25) is 9.76 Å². The van der Waals surface area contributed by atoms with Crippen LogP contribution in [-0.4, -0.2) is 50.1 Å². The van der Waals surface area contributed by atoms with Crippen molar-refractivity contribution in [2.45, 2.75) is 37.1 Å². The van der Waals surface area contributed by atoms with E-state index in [4.69, 9.17) is 5.73 Å². The van der Waals surface area contributed by atoms with Crippen LogP contribution in [0.1, 0.15) is 25.8 Å². The number of aliphatic hydroxyl groups is 2. The molecule has 21 heavy (non-hydrogen) atoms. The summed E-state index contributed by atoms with van der Waals surface area (Å²) < 4.78 is 1.62. The number of nitrogens with two attached hydrogens (primary N) is 1. The fraction of sp³-hybridized carbons (Fsp3) is 0.583. The number of imidazole rings is 1. The van der Waals surface area contributed by atoms with Crippen molar-refractivity contribution < 1.29 is 15.0 Å². The van der Waals surface area contributed by atoms with E-state index in [0.29, 0.717) is 24.0 Å². The van der Waals surface area contributed by atoms with E-state index < -0.39 is 11.8 Å². The first-order chi connectivity index (χ1) is 9.98. The molecule has 0 spiro atoms. The van der Waals surface area contributed by atoms with Crippen LogP contribution in [0, 0.1) is 5.92 Å². The van der Waals surface area contributed by atoms with E-state index in [1.54, 1.807) is 4.57 Å². The minimum atomic E-state index is -1.91. The zero-order valence-electron chi connectivity index (χ0n) is 11.5. The van der Waals surface area contributed by atoms with E-state index in [1.807, 2.05) is 6.92 Å².